The number of aryl methyl sites for hydroxylation is 1. The molecule has 1 aliphatic rings. The minimum Gasteiger partial charge on any atom is -0.245 e. The zero-order chi connectivity index (χ0) is 9.80. The Bertz CT molecular complexity index is 296. The number of hydrogen-bond donors (Lipinski definition) is 0. The van der Waals surface area contributed by atoms with Crippen molar-refractivity contribution < 1.29 is 0 Å². The molecule has 0 saturated heterocycles. The molecule has 76 valence electrons. The van der Waals surface area contributed by atoms with Gasteiger partial charge in [-0.05, 0) is 30.7 Å². The van der Waals surface area contributed by atoms with Crippen LogP contribution < -0.4 is 0 Å². The Morgan fingerprint density at radius 1 is 1.21 bits per heavy atom. The second kappa shape index (κ2) is 4.54. The summed E-state index contributed by atoms with van der Waals surface area (Å²) < 4.78 is 0. The van der Waals surface area contributed by atoms with Gasteiger partial charge in [0, 0.05) is 11.9 Å². The first-order valence-electron chi connectivity index (χ1n) is 5.66. The van der Waals surface area contributed by atoms with E-state index < -0.39 is 0 Å². The van der Waals surface area contributed by atoms with Crippen LogP contribution in [0.15, 0.2) is 12.5 Å². The van der Waals surface area contributed by atoms with Crippen LogP contribution in [0.4, 0.5) is 0 Å². The topological polar surface area (TPSA) is 25.8 Å². The van der Waals surface area contributed by atoms with Crippen LogP contribution in [-0.4, -0.2) is 9.97 Å². The lowest BCUT2D eigenvalue weighted by Crippen LogP contribution is -2.02. The van der Waals surface area contributed by atoms with E-state index in [0.29, 0.717) is 5.92 Å². The third-order valence-electron chi connectivity index (χ3n) is 3.16. The van der Waals surface area contributed by atoms with Gasteiger partial charge in [-0.1, -0.05) is 26.2 Å². The van der Waals surface area contributed by atoms with E-state index in [1.165, 1.54) is 43.4 Å². The monoisotopic (exact) mass is 190 g/mol. The molecular weight excluding hydrogens is 172 g/mol. The zero-order valence-electron chi connectivity index (χ0n) is 8.87. The summed E-state index contributed by atoms with van der Waals surface area (Å²) in [5.41, 5.74) is 2.67. The molecule has 0 N–H and O–H groups in total. The van der Waals surface area contributed by atoms with E-state index in [1.807, 2.05) is 6.20 Å². The number of fused-ring (bicyclic) bond motifs is 1. The summed E-state index contributed by atoms with van der Waals surface area (Å²) in [6.45, 7) is 2.30. The molecule has 0 aliphatic heterocycles. The minimum absolute atomic E-state index is 0.643. The fourth-order valence-electron chi connectivity index (χ4n) is 2.24. The van der Waals surface area contributed by atoms with Crippen molar-refractivity contribution in [3.8, 4) is 0 Å². The van der Waals surface area contributed by atoms with Gasteiger partial charge in [0.1, 0.15) is 6.33 Å². The molecule has 0 aromatic carbocycles. The highest BCUT2D eigenvalue weighted by Crippen LogP contribution is 2.26. The van der Waals surface area contributed by atoms with Crippen LogP contribution >= 0.6 is 0 Å². The van der Waals surface area contributed by atoms with Gasteiger partial charge >= 0.3 is 0 Å². The number of hydrogen-bond acceptors (Lipinski definition) is 2. The molecular formula is C12H18N2. The molecule has 0 saturated carbocycles. The van der Waals surface area contributed by atoms with Crippen LogP contribution in [0.3, 0.4) is 0 Å². The van der Waals surface area contributed by atoms with E-state index in [9.17, 15) is 0 Å². The van der Waals surface area contributed by atoms with Gasteiger partial charge in [0.2, 0.25) is 0 Å². The van der Waals surface area contributed by atoms with Gasteiger partial charge in [0.05, 0.1) is 0 Å². The average molecular weight is 190 g/mol. The summed E-state index contributed by atoms with van der Waals surface area (Å²) in [6, 6.07) is 0. The second-order valence-electron chi connectivity index (χ2n) is 4.28. The summed E-state index contributed by atoms with van der Waals surface area (Å²) in [5.74, 6) is 0.643. The van der Waals surface area contributed by atoms with Crippen molar-refractivity contribution >= 4 is 0 Å². The molecule has 2 heteroatoms. The Morgan fingerprint density at radius 2 is 2.07 bits per heavy atom. The Kier molecular flexibility index (Phi) is 3.12. The van der Waals surface area contributed by atoms with Crippen LogP contribution in [0.25, 0.3) is 0 Å². The summed E-state index contributed by atoms with van der Waals surface area (Å²) in [5, 5.41) is 0. The number of aromatic nitrogens is 2. The quantitative estimate of drug-likeness (QED) is 0.628. The molecule has 1 unspecified atom stereocenters. The highest BCUT2D eigenvalue weighted by atomic mass is 14.8. The van der Waals surface area contributed by atoms with Crippen molar-refractivity contribution in [2.24, 2.45) is 0 Å². The van der Waals surface area contributed by atoms with Crippen molar-refractivity contribution in [1.29, 1.82) is 0 Å². The van der Waals surface area contributed by atoms with E-state index >= 15 is 0 Å². The molecule has 2 nitrogen and oxygen atoms in total. The predicted octanol–water partition coefficient (Wildman–Crippen LogP) is 3.09. The largest absolute Gasteiger partial charge is 0.245 e. The number of nitrogens with zero attached hydrogens (tertiary/aromatic N) is 2. The Balaban J connectivity index is 2.26. The maximum atomic E-state index is 4.40. The molecule has 0 spiro atoms. The van der Waals surface area contributed by atoms with Crippen LogP contribution in [0.2, 0.25) is 0 Å². The van der Waals surface area contributed by atoms with Crippen LogP contribution in [0, 0.1) is 0 Å². The highest BCUT2D eigenvalue weighted by molar-refractivity contribution is 5.20. The summed E-state index contributed by atoms with van der Waals surface area (Å²) in [6.07, 6.45) is 11.5. The van der Waals surface area contributed by atoms with Gasteiger partial charge < -0.3 is 0 Å². The molecule has 1 atom stereocenters. The smallest absolute Gasteiger partial charge is 0.115 e. The standard InChI is InChI=1S/C12H18N2/c1-10-6-4-2-3-5-7-12-11(10)8-13-9-14-12/h8-10H,2-7H2,1H3. The molecule has 1 heterocycles. The Morgan fingerprint density at radius 3 is 3.00 bits per heavy atom. The Labute approximate surface area is 85.8 Å². The first-order valence-corrected chi connectivity index (χ1v) is 5.66. The minimum atomic E-state index is 0.643. The molecule has 0 bridgehead atoms. The van der Waals surface area contributed by atoms with Gasteiger partial charge in [-0.2, -0.15) is 0 Å². The third-order valence-corrected chi connectivity index (χ3v) is 3.16. The van der Waals surface area contributed by atoms with Crippen LogP contribution in [0.1, 0.15) is 56.2 Å². The molecule has 1 aromatic heterocycles. The lowest BCUT2D eigenvalue weighted by Gasteiger charge is -2.12. The lowest BCUT2D eigenvalue weighted by molar-refractivity contribution is 0.586. The normalized spacial score (nSPS) is 23.1. The zero-order valence-corrected chi connectivity index (χ0v) is 8.87. The van der Waals surface area contributed by atoms with Gasteiger partial charge in [0.15, 0.2) is 0 Å². The fourth-order valence-corrected chi connectivity index (χ4v) is 2.24. The van der Waals surface area contributed by atoms with Crippen molar-refractivity contribution in [3.05, 3.63) is 23.8 Å². The first kappa shape index (κ1) is 9.63. The third kappa shape index (κ3) is 2.11. The average Bonchev–Trinajstić information content (AvgIpc) is 2.30. The van der Waals surface area contributed by atoms with Crippen molar-refractivity contribution in [1.82, 2.24) is 9.97 Å². The fraction of sp³-hybridized carbons (Fsp3) is 0.667. The van der Waals surface area contributed by atoms with Gasteiger partial charge in [-0.15, -0.1) is 0 Å². The maximum Gasteiger partial charge on any atom is 0.115 e. The van der Waals surface area contributed by atoms with E-state index in [4.69, 9.17) is 0 Å². The van der Waals surface area contributed by atoms with Gasteiger partial charge in [-0.3, -0.25) is 0 Å². The summed E-state index contributed by atoms with van der Waals surface area (Å²) in [4.78, 5) is 8.54. The molecule has 0 radical (unpaired) electrons. The van der Waals surface area contributed by atoms with E-state index in [2.05, 4.69) is 16.9 Å². The lowest BCUT2D eigenvalue weighted by atomic mass is 9.95. The van der Waals surface area contributed by atoms with E-state index in [-0.39, 0.29) is 0 Å². The van der Waals surface area contributed by atoms with E-state index in [0.717, 1.165) is 6.42 Å². The molecule has 1 aliphatic carbocycles. The summed E-state index contributed by atoms with van der Waals surface area (Å²) in [7, 11) is 0. The Hall–Kier alpha value is -0.920. The van der Waals surface area contributed by atoms with Gasteiger partial charge in [-0.25, -0.2) is 9.97 Å². The van der Waals surface area contributed by atoms with Crippen molar-refractivity contribution in [3.63, 3.8) is 0 Å². The highest BCUT2D eigenvalue weighted by Gasteiger charge is 2.13. The van der Waals surface area contributed by atoms with Crippen molar-refractivity contribution in [2.45, 2.75) is 51.4 Å². The van der Waals surface area contributed by atoms with E-state index in [1.54, 1.807) is 6.33 Å². The molecule has 14 heavy (non-hydrogen) atoms. The summed E-state index contributed by atoms with van der Waals surface area (Å²) >= 11 is 0. The van der Waals surface area contributed by atoms with Gasteiger partial charge in [0.25, 0.3) is 0 Å². The number of rotatable bonds is 0. The predicted molar refractivity (Wildman–Crippen MR) is 57.2 cm³/mol. The molecule has 2 rings (SSSR count). The molecule has 0 fully saturated rings. The molecule has 1 aromatic rings. The second-order valence-corrected chi connectivity index (χ2v) is 4.28. The van der Waals surface area contributed by atoms with Crippen LogP contribution in [0.5, 0.6) is 0 Å². The van der Waals surface area contributed by atoms with Crippen LogP contribution in [-0.2, 0) is 6.42 Å². The SMILES string of the molecule is CC1CCCCCCc2ncncc21. The maximum absolute atomic E-state index is 4.40. The first-order chi connectivity index (χ1) is 6.88. The van der Waals surface area contributed by atoms with Crippen molar-refractivity contribution in [2.75, 3.05) is 0 Å². The molecule has 0 amide bonds.